The van der Waals surface area contributed by atoms with Crippen molar-refractivity contribution in [1.82, 2.24) is 10.2 Å². The zero-order chi connectivity index (χ0) is 19.7. The van der Waals surface area contributed by atoms with Crippen LogP contribution in [0.3, 0.4) is 0 Å². The molecule has 1 aliphatic rings. The van der Waals surface area contributed by atoms with Crippen LogP contribution in [0, 0.1) is 5.82 Å². The summed E-state index contributed by atoms with van der Waals surface area (Å²) in [6, 6.07) is 17.9. The maximum absolute atomic E-state index is 13.4. The predicted octanol–water partition coefficient (Wildman–Crippen LogP) is 5.00. The van der Waals surface area contributed by atoms with E-state index in [-0.39, 0.29) is 24.1 Å². The number of nitrogens with one attached hydrogen (secondary N) is 1. The number of benzene rings is 3. The van der Waals surface area contributed by atoms with Crippen LogP contribution >= 0.6 is 11.6 Å². The Balaban J connectivity index is 1.63. The molecule has 2 N–H and O–H groups in total. The Bertz CT molecular complexity index is 1040. The van der Waals surface area contributed by atoms with Crippen molar-refractivity contribution >= 4 is 17.6 Å². The van der Waals surface area contributed by atoms with Gasteiger partial charge in [-0.1, -0.05) is 48.0 Å². The average molecular weight is 397 g/mol. The second-order valence-electron chi connectivity index (χ2n) is 6.72. The minimum Gasteiger partial charge on any atom is -0.508 e. The number of hydrogen-bond acceptors (Lipinski definition) is 2. The van der Waals surface area contributed by atoms with Gasteiger partial charge in [0.15, 0.2) is 0 Å². The quantitative estimate of drug-likeness (QED) is 0.654. The Morgan fingerprint density at radius 1 is 1.11 bits per heavy atom. The first-order valence-corrected chi connectivity index (χ1v) is 9.26. The van der Waals surface area contributed by atoms with Gasteiger partial charge in [0.1, 0.15) is 11.6 Å². The summed E-state index contributed by atoms with van der Waals surface area (Å²) in [6.45, 7) is 0.611. The number of hydrogen-bond donors (Lipinski definition) is 2. The largest absolute Gasteiger partial charge is 0.508 e. The molecule has 0 aliphatic carbocycles. The van der Waals surface area contributed by atoms with Crippen LogP contribution in [0.15, 0.2) is 66.7 Å². The molecule has 0 bridgehead atoms. The minimum absolute atomic E-state index is 0.0778. The lowest BCUT2D eigenvalue weighted by molar-refractivity contribution is 0.188. The molecular weight excluding hydrogens is 379 g/mol. The van der Waals surface area contributed by atoms with Crippen LogP contribution in [0.1, 0.15) is 28.3 Å². The number of halogens is 2. The Labute approximate surface area is 167 Å². The molecule has 1 aliphatic heterocycles. The molecule has 4 nitrogen and oxygen atoms in total. The average Bonchev–Trinajstić information content (AvgIpc) is 3.07. The van der Waals surface area contributed by atoms with E-state index < -0.39 is 6.04 Å². The topological polar surface area (TPSA) is 52.6 Å². The zero-order valence-corrected chi connectivity index (χ0v) is 15.7. The molecule has 0 radical (unpaired) electrons. The molecule has 6 heteroatoms. The lowest BCUT2D eigenvalue weighted by Crippen LogP contribution is -2.38. The van der Waals surface area contributed by atoms with Crippen molar-refractivity contribution in [3.63, 3.8) is 0 Å². The zero-order valence-electron chi connectivity index (χ0n) is 14.9. The summed E-state index contributed by atoms with van der Waals surface area (Å²) in [4.78, 5) is 14.6. The highest BCUT2D eigenvalue weighted by Gasteiger charge is 2.36. The predicted molar refractivity (Wildman–Crippen MR) is 106 cm³/mol. The SMILES string of the molecule is O=C(NCc1cccc(F)c1)N1Cc2ccccc2C1c1cc(Cl)ccc1O. The lowest BCUT2D eigenvalue weighted by atomic mass is 9.97. The van der Waals surface area contributed by atoms with Crippen molar-refractivity contribution in [3.05, 3.63) is 99.8 Å². The monoisotopic (exact) mass is 396 g/mol. The molecule has 2 amide bonds. The highest BCUT2D eigenvalue weighted by Crippen LogP contribution is 2.42. The summed E-state index contributed by atoms with van der Waals surface area (Å²) >= 11 is 6.14. The highest BCUT2D eigenvalue weighted by atomic mass is 35.5. The fraction of sp³-hybridized carbons (Fsp3) is 0.136. The van der Waals surface area contributed by atoms with E-state index in [0.717, 1.165) is 11.1 Å². The van der Waals surface area contributed by atoms with Gasteiger partial charge in [-0.25, -0.2) is 9.18 Å². The van der Waals surface area contributed by atoms with Gasteiger partial charge in [0.05, 0.1) is 6.04 Å². The van der Waals surface area contributed by atoms with E-state index in [0.29, 0.717) is 22.7 Å². The first kappa shape index (κ1) is 18.3. The van der Waals surface area contributed by atoms with E-state index in [2.05, 4.69) is 5.32 Å². The molecule has 28 heavy (non-hydrogen) atoms. The summed E-state index contributed by atoms with van der Waals surface area (Å²) < 4.78 is 13.4. The third-order valence-corrected chi connectivity index (χ3v) is 5.11. The van der Waals surface area contributed by atoms with Crippen LogP contribution in [0.2, 0.25) is 5.02 Å². The van der Waals surface area contributed by atoms with Crippen molar-refractivity contribution in [1.29, 1.82) is 0 Å². The van der Waals surface area contributed by atoms with Crippen LogP contribution in [0.5, 0.6) is 5.75 Å². The van der Waals surface area contributed by atoms with Crippen molar-refractivity contribution in [2.24, 2.45) is 0 Å². The summed E-state index contributed by atoms with van der Waals surface area (Å²) in [5.41, 5.74) is 3.19. The van der Waals surface area contributed by atoms with E-state index in [9.17, 15) is 14.3 Å². The molecule has 4 rings (SSSR count). The number of phenolic OH excluding ortho intramolecular Hbond substituents is 1. The summed E-state index contributed by atoms with van der Waals surface area (Å²) in [6.07, 6.45) is 0. The van der Waals surface area contributed by atoms with Gasteiger partial charge in [-0.2, -0.15) is 0 Å². The highest BCUT2D eigenvalue weighted by molar-refractivity contribution is 6.30. The Hall–Kier alpha value is -3.05. The molecule has 142 valence electrons. The molecule has 1 heterocycles. The van der Waals surface area contributed by atoms with Gasteiger partial charge in [-0.3, -0.25) is 0 Å². The van der Waals surface area contributed by atoms with Gasteiger partial charge in [0.2, 0.25) is 0 Å². The molecule has 0 saturated carbocycles. The number of rotatable bonds is 3. The Morgan fingerprint density at radius 3 is 2.75 bits per heavy atom. The second-order valence-corrected chi connectivity index (χ2v) is 7.16. The molecule has 3 aromatic rings. The van der Waals surface area contributed by atoms with Crippen LogP contribution in [0.4, 0.5) is 9.18 Å². The van der Waals surface area contributed by atoms with Gasteiger partial charge in [-0.05, 0) is 47.0 Å². The van der Waals surface area contributed by atoms with Crippen molar-refractivity contribution in [2.75, 3.05) is 0 Å². The number of nitrogens with zero attached hydrogens (tertiary/aromatic N) is 1. The molecule has 3 aromatic carbocycles. The molecule has 0 aromatic heterocycles. The van der Waals surface area contributed by atoms with Crippen molar-refractivity contribution < 1.29 is 14.3 Å². The summed E-state index contributed by atoms with van der Waals surface area (Å²) in [5, 5.41) is 13.7. The molecule has 1 unspecified atom stereocenters. The normalized spacial score (nSPS) is 15.4. The number of fused-ring (bicyclic) bond motifs is 1. The summed E-state index contributed by atoms with van der Waals surface area (Å²) in [5.74, 6) is -0.268. The number of carbonyl (C=O) groups is 1. The third-order valence-electron chi connectivity index (χ3n) is 4.88. The van der Waals surface area contributed by atoms with Crippen molar-refractivity contribution in [3.8, 4) is 5.75 Å². The fourth-order valence-corrected chi connectivity index (χ4v) is 3.76. The fourth-order valence-electron chi connectivity index (χ4n) is 3.58. The number of phenols is 1. The van der Waals surface area contributed by atoms with Gasteiger partial charge < -0.3 is 15.3 Å². The molecule has 0 fully saturated rings. The van der Waals surface area contributed by atoms with Crippen LogP contribution in [0.25, 0.3) is 0 Å². The lowest BCUT2D eigenvalue weighted by Gasteiger charge is -2.26. The second kappa shape index (κ2) is 7.52. The number of amides is 2. The minimum atomic E-state index is -0.456. The Kier molecular flexibility index (Phi) is 4.92. The number of carbonyl (C=O) groups excluding carboxylic acids is 1. The number of urea groups is 1. The molecule has 0 saturated heterocycles. The van der Waals surface area contributed by atoms with Gasteiger partial charge >= 0.3 is 6.03 Å². The molecule has 1 atom stereocenters. The van der Waals surface area contributed by atoms with E-state index >= 15 is 0 Å². The first-order chi connectivity index (χ1) is 13.5. The van der Waals surface area contributed by atoms with Crippen LogP contribution in [-0.2, 0) is 13.1 Å². The smallest absolute Gasteiger partial charge is 0.318 e. The van der Waals surface area contributed by atoms with Gasteiger partial charge in [-0.15, -0.1) is 0 Å². The summed E-state index contributed by atoms with van der Waals surface area (Å²) in [7, 11) is 0. The Morgan fingerprint density at radius 2 is 1.93 bits per heavy atom. The maximum Gasteiger partial charge on any atom is 0.318 e. The standard InChI is InChI=1S/C22H18ClFN2O2/c23-16-8-9-20(27)19(11-16)21-18-7-2-1-5-15(18)13-26(21)22(28)25-12-14-4-3-6-17(24)10-14/h1-11,21,27H,12-13H2,(H,25,28). The number of aromatic hydroxyl groups is 1. The first-order valence-electron chi connectivity index (χ1n) is 8.88. The van der Waals surface area contributed by atoms with E-state index in [1.165, 1.54) is 18.2 Å². The van der Waals surface area contributed by atoms with E-state index in [1.54, 1.807) is 29.2 Å². The van der Waals surface area contributed by atoms with E-state index in [1.807, 2.05) is 24.3 Å². The molecular formula is C22H18ClFN2O2. The van der Waals surface area contributed by atoms with Crippen LogP contribution < -0.4 is 5.32 Å². The van der Waals surface area contributed by atoms with Crippen LogP contribution in [-0.4, -0.2) is 16.0 Å². The molecule has 0 spiro atoms. The third kappa shape index (κ3) is 3.53. The maximum atomic E-state index is 13.4. The van der Waals surface area contributed by atoms with Gasteiger partial charge in [0.25, 0.3) is 0 Å². The van der Waals surface area contributed by atoms with E-state index in [4.69, 9.17) is 11.6 Å². The van der Waals surface area contributed by atoms with Crippen molar-refractivity contribution in [2.45, 2.75) is 19.1 Å². The van der Waals surface area contributed by atoms with Gasteiger partial charge in [0, 0.05) is 23.7 Å².